The maximum Gasteiger partial charge on any atom is 0.339 e. The number of benzene rings is 1. The lowest BCUT2D eigenvalue weighted by Gasteiger charge is -2.10. The maximum atomic E-state index is 10.7. The molecule has 0 unspecified atom stereocenters. The molecule has 0 aliphatic heterocycles. The second kappa shape index (κ2) is 4.77. The maximum absolute atomic E-state index is 10.7. The van der Waals surface area contributed by atoms with Crippen molar-refractivity contribution >= 4 is 5.97 Å². The molecule has 0 aliphatic rings. The Bertz CT molecular complexity index is 361. The molecule has 0 saturated heterocycles. The van der Waals surface area contributed by atoms with Crippen molar-refractivity contribution < 1.29 is 25.2 Å². The first-order valence-electron chi connectivity index (χ1n) is 4.39. The Labute approximate surface area is 86.2 Å². The van der Waals surface area contributed by atoms with Crippen molar-refractivity contribution in [3.63, 3.8) is 0 Å². The van der Waals surface area contributed by atoms with Gasteiger partial charge in [-0.3, -0.25) is 0 Å². The second-order valence-electron chi connectivity index (χ2n) is 3.16. The van der Waals surface area contributed by atoms with E-state index in [1.807, 2.05) is 0 Å². The Morgan fingerprint density at radius 1 is 1.40 bits per heavy atom. The number of hydrogen-bond donors (Lipinski definition) is 4. The molecule has 82 valence electrons. The predicted molar refractivity (Wildman–Crippen MR) is 51.9 cm³/mol. The van der Waals surface area contributed by atoms with E-state index in [-0.39, 0.29) is 17.7 Å². The van der Waals surface area contributed by atoms with Gasteiger partial charge in [0.25, 0.3) is 0 Å². The largest absolute Gasteiger partial charge is 0.507 e. The van der Waals surface area contributed by atoms with Gasteiger partial charge < -0.3 is 20.4 Å². The van der Waals surface area contributed by atoms with Crippen LogP contribution in [0.3, 0.4) is 0 Å². The van der Waals surface area contributed by atoms with Crippen LogP contribution in [0.2, 0.25) is 0 Å². The Morgan fingerprint density at radius 2 is 2.07 bits per heavy atom. The first-order chi connectivity index (χ1) is 7.06. The third-order valence-electron chi connectivity index (χ3n) is 2.02. The zero-order chi connectivity index (χ0) is 11.4. The van der Waals surface area contributed by atoms with Crippen molar-refractivity contribution in [1.29, 1.82) is 0 Å². The molecule has 5 heteroatoms. The number of hydrogen-bond acceptors (Lipinski definition) is 4. The highest BCUT2D eigenvalue weighted by molar-refractivity contribution is 5.91. The van der Waals surface area contributed by atoms with E-state index in [1.54, 1.807) is 0 Å². The van der Waals surface area contributed by atoms with Crippen LogP contribution >= 0.6 is 0 Å². The molecule has 0 spiro atoms. The minimum Gasteiger partial charge on any atom is -0.507 e. The van der Waals surface area contributed by atoms with Crippen molar-refractivity contribution in [3.8, 4) is 5.75 Å². The van der Waals surface area contributed by atoms with Crippen molar-refractivity contribution in [1.82, 2.24) is 0 Å². The molecule has 4 N–H and O–H groups in total. The van der Waals surface area contributed by atoms with Crippen LogP contribution in [0.15, 0.2) is 18.2 Å². The van der Waals surface area contributed by atoms with Crippen molar-refractivity contribution in [2.75, 3.05) is 6.61 Å². The molecule has 0 fully saturated rings. The molecule has 15 heavy (non-hydrogen) atoms. The van der Waals surface area contributed by atoms with E-state index in [0.29, 0.717) is 5.56 Å². The van der Waals surface area contributed by atoms with E-state index in [2.05, 4.69) is 0 Å². The molecule has 0 saturated carbocycles. The van der Waals surface area contributed by atoms with E-state index >= 15 is 0 Å². The average molecular weight is 212 g/mol. The van der Waals surface area contributed by atoms with Gasteiger partial charge in [0.1, 0.15) is 11.3 Å². The molecule has 0 heterocycles. The van der Waals surface area contributed by atoms with Gasteiger partial charge in [0.15, 0.2) is 0 Å². The highest BCUT2D eigenvalue weighted by atomic mass is 16.4. The molecule has 0 aliphatic carbocycles. The van der Waals surface area contributed by atoms with Crippen LogP contribution < -0.4 is 0 Å². The molecule has 1 aromatic rings. The van der Waals surface area contributed by atoms with E-state index in [1.165, 1.54) is 18.2 Å². The topological polar surface area (TPSA) is 98.0 Å². The Balaban J connectivity index is 2.99. The summed E-state index contributed by atoms with van der Waals surface area (Å²) in [7, 11) is 0. The lowest BCUT2D eigenvalue weighted by molar-refractivity contribution is 0.0692. The van der Waals surface area contributed by atoms with Gasteiger partial charge in [-0.05, 0) is 11.6 Å². The summed E-state index contributed by atoms with van der Waals surface area (Å²) in [4.78, 5) is 10.7. The number of rotatable bonds is 4. The van der Waals surface area contributed by atoms with Crippen LogP contribution in [0.1, 0.15) is 15.9 Å². The monoisotopic (exact) mass is 212 g/mol. The zero-order valence-corrected chi connectivity index (χ0v) is 7.92. The van der Waals surface area contributed by atoms with Gasteiger partial charge in [-0.15, -0.1) is 0 Å². The van der Waals surface area contributed by atoms with Crippen LogP contribution in [-0.4, -0.2) is 39.1 Å². The van der Waals surface area contributed by atoms with E-state index < -0.39 is 18.7 Å². The van der Waals surface area contributed by atoms with Crippen molar-refractivity contribution in [3.05, 3.63) is 29.3 Å². The first-order valence-corrected chi connectivity index (χ1v) is 4.39. The molecule has 0 radical (unpaired) electrons. The van der Waals surface area contributed by atoms with Crippen molar-refractivity contribution in [2.45, 2.75) is 12.5 Å². The van der Waals surface area contributed by atoms with Crippen molar-refractivity contribution in [2.24, 2.45) is 0 Å². The summed E-state index contributed by atoms with van der Waals surface area (Å²) in [6.45, 7) is -0.434. The smallest absolute Gasteiger partial charge is 0.339 e. The van der Waals surface area contributed by atoms with Crippen LogP contribution in [0, 0.1) is 0 Å². The number of aliphatic hydroxyl groups is 2. The van der Waals surface area contributed by atoms with Gasteiger partial charge >= 0.3 is 5.97 Å². The Hall–Kier alpha value is -1.59. The lowest BCUT2D eigenvalue weighted by atomic mass is 10.0. The molecule has 0 amide bonds. The quantitative estimate of drug-likeness (QED) is 0.562. The average Bonchev–Trinajstić information content (AvgIpc) is 2.20. The van der Waals surface area contributed by atoms with Gasteiger partial charge in [0, 0.05) is 6.42 Å². The summed E-state index contributed by atoms with van der Waals surface area (Å²) in [5.74, 6) is -1.59. The zero-order valence-electron chi connectivity index (χ0n) is 7.92. The van der Waals surface area contributed by atoms with Crippen LogP contribution in [-0.2, 0) is 6.42 Å². The molecule has 5 nitrogen and oxygen atoms in total. The van der Waals surface area contributed by atoms with Gasteiger partial charge in [0.2, 0.25) is 0 Å². The van der Waals surface area contributed by atoms with Gasteiger partial charge in [-0.1, -0.05) is 12.1 Å². The number of phenols is 1. The summed E-state index contributed by atoms with van der Waals surface area (Å²) >= 11 is 0. The van der Waals surface area contributed by atoms with Gasteiger partial charge in [-0.25, -0.2) is 4.79 Å². The van der Waals surface area contributed by atoms with Crippen LogP contribution in [0.5, 0.6) is 5.75 Å². The summed E-state index contributed by atoms with van der Waals surface area (Å²) < 4.78 is 0. The number of para-hydroxylation sites is 1. The third kappa shape index (κ3) is 2.68. The molecular formula is C10H12O5. The number of aromatic hydroxyl groups is 1. The van der Waals surface area contributed by atoms with Crippen LogP contribution in [0.4, 0.5) is 0 Å². The lowest BCUT2D eigenvalue weighted by Crippen LogP contribution is -2.15. The Kier molecular flexibility index (Phi) is 3.65. The number of carboxylic acid groups (broad SMARTS) is 1. The number of carbonyl (C=O) groups is 1. The van der Waals surface area contributed by atoms with E-state index in [0.717, 1.165) is 0 Å². The minimum absolute atomic E-state index is 0.0173. The standard InChI is InChI=1S/C10H12O5/c11-5-7(12)4-6-2-1-3-8(9(6)13)10(14)15/h1-3,7,11-13H,4-5H2,(H,14,15)/t7-/m1/s1. The highest BCUT2D eigenvalue weighted by Crippen LogP contribution is 2.23. The molecule has 0 aromatic heterocycles. The summed E-state index contributed by atoms with van der Waals surface area (Å²) in [5.41, 5.74) is 0.0917. The Morgan fingerprint density at radius 3 is 2.60 bits per heavy atom. The first kappa shape index (κ1) is 11.5. The van der Waals surface area contributed by atoms with E-state index in [4.69, 9.17) is 15.3 Å². The second-order valence-corrected chi connectivity index (χ2v) is 3.16. The van der Waals surface area contributed by atoms with Crippen LogP contribution in [0.25, 0.3) is 0 Å². The fourth-order valence-electron chi connectivity index (χ4n) is 1.25. The normalized spacial score (nSPS) is 12.4. The fourth-order valence-corrected chi connectivity index (χ4v) is 1.25. The minimum atomic E-state index is -1.23. The fraction of sp³-hybridized carbons (Fsp3) is 0.300. The summed E-state index contributed by atoms with van der Waals surface area (Å²) in [6.07, 6.45) is -0.983. The third-order valence-corrected chi connectivity index (χ3v) is 2.02. The highest BCUT2D eigenvalue weighted by Gasteiger charge is 2.14. The molecule has 1 aromatic carbocycles. The van der Waals surface area contributed by atoms with Gasteiger partial charge in [-0.2, -0.15) is 0 Å². The SMILES string of the molecule is O=C(O)c1cccc(C[C@@H](O)CO)c1O. The van der Waals surface area contributed by atoms with Gasteiger partial charge in [0.05, 0.1) is 12.7 Å². The van der Waals surface area contributed by atoms with E-state index in [9.17, 15) is 9.90 Å². The number of carboxylic acids is 1. The summed E-state index contributed by atoms with van der Waals surface area (Å²) in [5, 5.41) is 36.0. The summed E-state index contributed by atoms with van der Waals surface area (Å²) in [6, 6.07) is 4.25. The number of aromatic carboxylic acids is 1. The predicted octanol–water partition coefficient (Wildman–Crippen LogP) is -0.0139. The molecule has 0 bridgehead atoms. The number of aliphatic hydroxyl groups excluding tert-OH is 2. The molecule has 1 rings (SSSR count). The molecule has 1 atom stereocenters. The molecular weight excluding hydrogens is 200 g/mol.